The molecule has 0 fully saturated rings. The van der Waals surface area contributed by atoms with Crippen molar-refractivity contribution in [1.82, 2.24) is 0 Å². The van der Waals surface area contributed by atoms with E-state index in [0.29, 0.717) is 10.6 Å². The first-order valence-corrected chi connectivity index (χ1v) is 4.88. The molecule has 0 amide bonds. The van der Waals surface area contributed by atoms with E-state index in [2.05, 4.69) is 9.71 Å². The molecule has 1 aromatic carbocycles. The largest absolute Gasteiger partial charge is 0.343 e. The Bertz CT molecular complexity index is 338. The molecule has 4 nitrogen and oxygen atoms in total. The van der Waals surface area contributed by atoms with Gasteiger partial charge >= 0.3 is 0 Å². The lowest BCUT2D eigenvalue weighted by molar-refractivity contribution is 0.489. The predicted octanol–water partition coefficient (Wildman–Crippen LogP) is 2.16. The lowest BCUT2D eigenvalue weighted by Gasteiger charge is -2.31. The van der Waals surface area contributed by atoms with Gasteiger partial charge in [0.15, 0.2) is 0 Å². The molecule has 1 heterocycles. The van der Waals surface area contributed by atoms with Gasteiger partial charge in [-0.15, -0.1) is 4.40 Å². The van der Waals surface area contributed by atoms with Gasteiger partial charge in [0.05, 0.1) is 5.69 Å². The minimum absolute atomic E-state index is 0.451. The second-order valence-electron chi connectivity index (χ2n) is 2.39. The second-order valence-corrected chi connectivity index (χ2v) is 4.08. The minimum atomic E-state index is -2.94. The fourth-order valence-corrected chi connectivity index (χ4v) is 2.05. The van der Waals surface area contributed by atoms with Gasteiger partial charge in [0.25, 0.3) is 0 Å². The number of para-hydroxylation sites is 1. The molecule has 1 aliphatic rings. The molecule has 0 bridgehead atoms. The number of anilines is 1. The van der Waals surface area contributed by atoms with E-state index in [4.69, 9.17) is 0 Å². The average Bonchev–Trinajstić information content (AvgIpc) is 2.04. The van der Waals surface area contributed by atoms with Gasteiger partial charge in [-0.3, -0.25) is 9.11 Å². The Morgan fingerprint density at radius 3 is 2.75 bits per heavy atom. The first kappa shape index (κ1) is 7.60. The van der Waals surface area contributed by atoms with Crippen molar-refractivity contribution in [3.63, 3.8) is 0 Å². The number of benzene rings is 1. The van der Waals surface area contributed by atoms with E-state index < -0.39 is 10.8 Å². The van der Waals surface area contributed by atoms with Gasteiger partial charge in [-0.2, -0.15) is 0 Å². The summed E-state index contributed by atoms with van der Waals surface area (Å²) >= 11 is 0. The zero-order valence-corrected chi connectivity index (χ0v) is 6.95. The molecule has 5 heteroatoms. The maximum atomic E-state index is 9.43. The van der Waals surface area contributed by atoms with Crippen LogP contribution in [0.4, 0.5) is 5.69 Å². The average molecular weight is 184 g/mol. The third-order valence-corrected chi connectivity index (χ3v) is 2.95. The van der Waals surface area contributed by atoms with Crippen LogP contribution in [0.15, 0.2) is 33.6 Å². The zero-order valence-electron chi connectivity index (χ0n) is 6.14. The molecule has 2 rings (SSSR count). The van der Waals surface area contributed by atoms with E-state index >= 15 is 0 Å². The van der Waals surface area contributed by atoms with Crippen LogP contribution in [0.2, 0.25) is 0 Å². The predicted molar refractivity (Wildman–Crippen MR) is 49.7 cm³/mol. The Hall–Kier alpha value is -1.04. The summed E-state index contributed by atoms with van der Waals surface area (Å²) in [5.41, 5.74) is 0.701. The van der Waals surface area contributed by atoms with Gasteiger partial charge in [0.1, 0.15) is 11.2 Å². The molecular formula is C7H8N2O2S. The van der Waals surface area contributed by atoms with Crippen LogP contribution in [0.5, 0.6) is 0 Å². The van der Waals surface area contributed by atoms with E-state index in [1.54, 1.807) is 18.2 Å². The quantitative estimate of drug-likeness (QED) is 0.579. The molecule has 0 aliphatic carbocycles. The van der Waals surface area contributed by atoms with Crippen molar-refractivity contribution in [3.8, 4) is 0 Å². The summed E-state index contributed by atoms with van der Waals surface area (Å²) in [5, 5.41) is 2.83. The number of nitrogens with one attached hydrogen (secondary N) is 1. The van der Waals surface area contributed by atoms with Crippen LogP contribution < -0.4 is 5.32 Å². The summed E-state index contributed by atoms with van der Waals surface area (Å²) < 4.78 is 22.4. The zero-order chi connectivity index (χ0) is 8.60. The fraction of sp³-hybridized carbons (Fsp3) is 0. The Morgan fingerprint density at radius 2 is 2.00 bits per heavy atom. The molecule has 1 aromatic rings. The summed E-state index contributed by atoms with van der Waals surface area (Å²) in [6, 6.07) is 6.99. The fourth-order valence-electron chi connectivity index (χ4n) is 1.05. The first-order valence-electron chi connectivity index (χ1n) is 3.38. The van der Waals surface area contributed by atoms with Gasteiger partial charge in [0, 0.05) is 0 Å². The van der Waals surface area contributed by atoms with Crippen LogP contribution in [0.3, 0.4) is 0 Å². The smallest absolute Gasteiger partial charge is 0.113 e. The van der Waals surface area contributed by atoms with Crippen molar-refractivity contribution in [2.75, 3.05) is 5.32 Å². The van der Waals surface area contributed by atoms with Gasteiger partial charge in [-0.25, -0.2) is 0 Å². The van der Waals surface area contributed by atoms with Crippen molar-refractivity contribution in [2.45, 2.75) is 4.90 Å². The van der Waals surface area contributed by atoms with Gasteiger partial charge in [0.2, 0.25) is 0 Å². The van der Waals surface area contributed by atoms with Crippen LogP contribution in [0.25, 0.3) is 0 Å². The summed E-state index contributed by atoms with van der Waals surface area (Å²) in [5.74, 6) is 0. The molecule has 0 saturated carbocycles. The van der Waals surface area contributed by atoms with Crippen LogP contribution in [-0.4, -0.2) is 15.4 Å². The van der Waals surface area contributed by atoms with Crippen LogP contribution >= 0.6 is 10.8 Å². The van der Waals surface area contributed by atoms with E-state index in [1.807, 2.05) is 6.07 Å². The molecule has 12 heavy (non-hydrogen) atoms. The topological polar surface area (TPSA) is 64.8 Å². The van der Waals surface area contributed by atoms with Crippen LogP contribution in [0, 0.1) is 0 Å². The third-order valence-electron chi connectivity index (χ3n) is 1.60. The third kappa shape index (κ3) is 1.08. The van der Waals surface area contributed by atoms with Crippen molar-refractivity contribution in [3.05, 3.63) is 24.3 Å². The monoisotopic (exact) mass is 184 g/mol. The number of hydrogen-bond acceptors (Lipinski definition) is 4. The van der Waals surface area contributed by atoms with Crippen molar-refractivity contribution >= 4 is 22.8 Å². The summed E-state index contributed by atoms with van der Waals surface area (Å²) in [7, 11) is -2.94. The molecule has 0 saturated heterocycles. The first-order chi connectivity index (χ1) is 5.70. The Morgan fingerprint density at radius 1 is 1.25 bits per heavy atom. The van der Waals surface area contributed by atoms with Crippen molar-refractivity contribution in [1.29, 1.82) is 0 Å². The van der Waals surface area contributed by atoms with Crippen molar-refractivity contribution in [2.24, 2.45) is 4.40 Å². The second kappa shape index (κ2) is 2.48. The molecule has 64 valence electrons. The highest BCUT2D eigenvalue weighted by Crippen LogP contribution is 2.53. The molecule has 0 atom stereocenters. The number of hydrogen-bond donors (Lipinski definition) is 3. The Kier molecular flexibility index (Phi) is 1.57. The molecule has 0 aromatic heterocycles. The number of fused-ring (bicyclic) bond motifs is 1. The normalized spacial score (nSPS) is 20.8. The maximum Gasteiger partial charge on any atom is 0.113 e. The molecular weight excluding hydrogens is 176 g/mol. The maximum absolute atomic E-state index is 9.43. The molecule has 1 aliphatic heterocycles. The molecule has 3 N–H and O–H groups in total. The highest BCUT2D eigenvalue weighted by Gasteiger charge is 2.20. The molecule has 0 spiro atoms. The van der Waals surface area contributed by atoms with E-state index in [1.165, 1.54) is 6.34 Å². The van der Waals surface area contributed by atoms with Gasteiger partial charge < -0.3 is 5.32 Å². The highest BCUT2D eigenvalue weighted by molar-refractivity contribution is 8.23. The van der Waals surface area contributed by atoms with Gasteiger partial charge in [-0.1, -0.05) is 22.9 Å². The lowest BCUT2D eigenvalue weighted by atomic mass is 10.3. The van der Waals surface area contributed by atoms with Crippen LogP contribution in [0.1, 0.15) is 0 Å². The summed E-state index contributed by atoms with van der Waals surface area (Å²) in [4.78, 5) is 0.451. The van der Waals surface area contributed by atoms with Crippen molar-refractivity contribution < 1.29 is 9.11 Å². The molecule has 0 radical (unpaired) electrons. The van der Waals surface area contributed by atoms with E-state index in [-0.39, 0.29) is 0 Å². The van der Waals surface area contributed by atoms with Gasteiger partial charge in [-0.05, 0) is 12.1 Å². The Balaban J connectivity index is 2.58. The highest BCUT2D eigenvalue weighted by atomic mass is 32.3. The van der Waals surface area contributed by atoms with E-state index in [0.717, 1.165) is 0 Å². The summed E-state index contributed by atoms with van der Waals surface area (Å²) in [6.45, 7) is 0. The van der Waals surface area contributed by atoms with E-state index in [9.17, 15) is 9.11 Å². The van der Waals surface area contributed by atoms with Crippen LogP contribution in [-0.2, 0) is 0 Å². The molecule has 0 unspecified atom stereocenters. The summed E-state index contributed by atoms with van der Waals surface area (Å²) in [6.07, 6.45) is 1.30. The lowest BCUT2D eigenvalue weighted by Crippen LogP contribution is -2.08. The number of rotatable bonds is 0. The SMILES string of the molecule is OS1(O)N=CNc2ccccc21. The number of nitrogens with zero attached hydrogens (tertiary/aromatic N) is 1. The Labute approximate surface area is 71.4 Å². The minimum Gasteiger partial charge on any atom is -0.343 e. The standard InChI is InChI=1S/C7H8N2O2S/c10-12(11)7-4-2-1-3-6(7)8-5-9-12/h1-5,10-11H,(H,8,9).